The maximum Gasteiger partial charge on any atom is 0.261 e. The first-order valence-electron chi connectivity index (χ1n) is 7.62. The maximum absolute atomic E-state index is 12.9. The Bertz CT molecular complexity index is 772. The van der Waals surface area contributed by atoms with Gasteiger partial charge in [-0.3, -0.25) is 9.36 Å². The van der Waals surface area contributed by atoms with Gasteiger partial charge in [0, 0.05) is 18.0 Å². The second-order valence-electron chi connectivity index (χ2n) is 6.92. The summed E-state index contributed by atoms with van der Waals surface area (Å²) < 4.78 is 1.86. The Balaban J connectivity index is 2.45. The SMILES string of the molecule is Cc1cc([C@@H](C)N)c2nc3n(c(=O)c2c1)CCCC3(C)C. The molecule has 21 heavy (non-hydrogen) atoms. The lowest BCUT2D eigenvalue weighted by molar-refractivity contribution is 0.341. The quantitative estimate of drug-likeness (QED) is 0.876. The highest BCUT2D eigenvalue weighted by Gasteiger charge is 2.31. The average Bonchev–Trinajstić information content (AvgIpc) is 2.39. The van der Waals surface area contributed by atoms with Crippen LogP contribution < -0.4 is 11.3 Å². The standard InChI is InChI=1S/C17H23N3O/c1-10-8-12(11(2)18)14-13(9-10)15(21)20-7-5-6-17(3,4)16(20)19-14/h8-9,11H,5-7,18H2,1-4H3/t11-/m1/s1. The normalized spacial score (nSPS) is 18.5. The molecule has 1 atom stereocenters. The smallest absolute Gasteiger partial charge is 0.261 e. The second kappa shape index (κ2) is 4.67. The van der Waals surface area contributed by atoms with E-state index in [2.05, 4.69) is 13.8 Å². The number of hydrogen-bond acceptors (Lipinski definition) is 3. The molecule has 1 aromatic heterocycles. The largest absolute Gasteiger partial charge is 0.324 e. The molecule has 0 aliphatic carbocycles. The topological polar surface area (TPSA) is 60.9 Å². The lowest BCUT2D eigenvalue weighted by Gasteiger charge is -2.32. The summed E-state index contributed by atoms with van der Waals surface area (Å²) in [5.74, 6) is 0.900. The molecule has 1 aliphatic rings. The van der Waals surface area contributed by atoms with Gasteiger partial charge in [-0.1, -0.05) is 19.9 Å². The summed E-state index contributed by atoms with van der Waals surface area (Å²) in [6, 6.07) is 3.85. The van der Waals surface area contributed by atoms with Crippen molar-refractivity contribution in [2.45, 2.75) is 58.5 Å². The molecule has 4 nitrogen and oxygen atoms in total. The van der Waals surface area contributed by atoms with E-state index in [0.29, 0.717) is 5.39 Å². The summed E-state index contributed by atoms with van der Waals surface area (Å²) >= 11 is 0. The van der Waals surface area contributed by atoms with Crippen LogP contribution in [0.1, 0.15) is 56.6 Å². The molecule has 2 heterocycles. The van der Waals surface area contributed by atoms with Gasteiger partial charge in [0.15, 0.2) is 0 Å². The van der Waals surface area contributed by atoms with Crippen LogP contribution >= 0.6 is 0 Å². The van der Waals surface area contributed by atoms with E-state index in [1.54, 1.807) is 0 Å². The first-order valence-corrected chi connectivity index (χ1v) is 7.62. The molecule has 0 amide bonds. The Morgan fingerprint density at radius 3 is 2.76 bits per heavy atom. The first kappa shape index (κ1) is 14.3. The Morgan fingerprint density at radius 2 is 2.10 bits per heavy atom. The first-order chi connectivity index (χ1) is 9.81. The lowest BCUT2D eigenvalue weighted by Crippen LogP contribution is -2.37. The predicted octanol–water partition coefficient (Wildman–Crippen LogP) is 2.80. The van der Waals surface area contributed by atoms with Crippen LogP contribution in [0.5, 0.6) is 0 Å². The predicted molar refractivity (Wildman–Crippen MR) is 85.6 cm³/mol. The summed E-state index contributed by atoms with van der Waals surface area (Å²) in [6.07, 6.45) is 2.09. The fourth-order valence-corrected chi connectivity index (χ4v) is 3.36. The highest BCUT2D eigenvalue weighted by Crippen LogP contribution is 2.32. The fourth-order valence-electron chi connectivity index (χ4n) is 3.36. The lowest BCUT2D eigenvalue weighted by atomic mass is 9.84. The summed E-state index contributed by atoms with van der Waals surface area (Å²) in [7, 11) is 0. The molecule has 0 saturated carbocycles. The van der Waals surface area contributed by atoms with Gasteiger partial charge in [-0.15, -0.1) is 0 Å². The molecule has 0 fully saturated rings. The summed E-state index contributed by atoms with van der Waals surface area (Å²) in [4.78, 5) is 17.7. The number of fused-ring (bicyclic) bond motifs is 2. The molecular weight excluding hydrogens is 262 g/mol. The van der Waals surface area contributed by atoms with E-state index >= 15 is 0 Å². The van der Waals surface area contributed by atoms with Crippen molar-refractivity contribution in [3.8, 4) is 0 Å². The van der Waals surface area contributed by atoms with Gasteiger partial charge in [-0.05, 0) is 43.9 Å². The van der Waals surface area contributed by atoms with Gasteiger partial charge < -0.3 is 5.73 Å². The molecule has 2 aromatic rings. The van der Waals surface area contributed by atoms with Gasteiger partial charge in [-0.2, -0.15) is 0 Å². The van der Waals surface area contributed by atoms with Crippen molar-refractivity contribution < 1.29 is 0 Å². The van der Waals surface area contributed by atoms with Gasteiger partial charge in [0.05, 0.1) is 10.9 Å². The molecule has 0 bridgehead atoms. The Labute approximate surface area is 125 Å². The van der Waals surface area contributed by atoms with E-state index in [1.807, 2.05) is 30.5 Å². The van der Waals surface area contributed by atoms with E-state index in [4.69, 9.17) is 10.7 Å². The number of hydrogen-bond donors (Lipinski definition) is 1. The molecule has 112 valence electrons. The number of rotatable bonds is 1. The molecule has 0 unspecified atom stereocenters. The molecular formula is C17H23N3O. The van der Waals surface area contributed by atoms with Crippen molar-refractivity contribution in [1.29, 1.82) is 0 Å². The van der Waals surface area contributed by atoms with Crippen molar-refractivity contribution in [1.82, 2.24) is 9.55 Å². The third kappa shape index (κ3) is 2.18. The zero-order valence-electron chi connectivity index (χ0n) is 13.2. The molecule has 4 heteroatoms. The van der Waals surface area contributed by atoms with Gasteiger partial charge in [0.2, 0.25) is 0 Å². The van der Waals surface area contributed by atoms with E-state index in [-0.39, 0.29) is 17.0 Å². The van der Waals surface area contributed by atoms with E-state index in [9.17, 15) is 4.79 Å². The van der Waals surface area contributed by atoms with Crippen LogP contribution in [0.4, 0.5) is 0 Å². The number of benzene rings is 1. The highest BCUT2D eigenvalue weighted by molar-refractivity contribution is 5.82. The third-order valence-electron chi connectivity index (χ3n) is 4.51. The highest BCUT2D eigenvalue weighted by atomic mass is 16.1. The third-order valence-corrected chi connectivity index (χ3v) is 4.51. The minimum Gasteiger partial charge on any atom is -0.324 e. The zero-order chi connectivity index (χ0) is 15.4. The van der Waals surface area contributed by atoms with E-state index in [1.165, 1.54) is 0 Å². The van der Waals surface area contributed by atoms with Crippen LogP contribution in [0.25, 0.3) is 10.9 Å². The maximum atomic E-state index is 12.9. The van der Waals surface area contributed by atoms with Gasteiger partial charge in [-0.25, -0.2) is 4.98 Å². The molecule has 2 N–H and O–H groups in total. The van der Waals surface area contributed by atoms with Crippen LogP contribution in [-0.4, -0.2) is 9.55 Å². The minimum atomic E-state index is -0.131. The molecule has 1 aromatic carbocycles. The van der Waals surface area contributed by atoms with E-state index < -0.39 is 0 Å². The van der Waals surface area contributed by atoms with Crippen LogP contribution in [0.2, 0.25) is 0 Å². The average molecular weight is 285 g/mol. The number of nitrogens with two attached hydrogens (primary N) is 1. The summed E-state index contributed by atoms with van der Waals surface area (Å²) in [5, 5.41) is 0.698. The number of aromatic nitrogens is 2. The van der Waals surface area contributed by atoms with Crippen molar-refractivity contribution in [2.24, 2.45) is 5.73 Å². The van der Waals surface area contributed by atoms with Crippen LogP contribution in [-0.2, 0) is 12.0 Å². The Hall–Kier alpha value is -1.68. The van der Waals surface area contributed by atoms with Crippen molar-refractivity contribution in [2.75, 3.05) is 0 Å². The molecule has 3 rings (SSSR count). The zero-order valence-corrected chi connectivity index (χ0v) is 13.2. The van der Waals surface area contributed by atoms with Crippen molar-refractivity contribution >= 4 is 10.9 Å². The van der Waals surface area contributed by atoms with Crippen LogP contribution in [0.3, 0.4) is 0 Å². The molecule has 1 aliphatic heterocycles. The second-order valence-corrected chi connectivity index (χ2v) is 6.92. The van der Waals surface area contributed by atoms with Crippen molar-refractivity contribution in [3.63, 3.8) is 0 Å². The Morgan fingerprint density at radius 1 is 1.38 bits per heavy atom. The molecule has 0 spiro atoms. The van der Waals surface area contributed by atoms with E-state index in [0.717, 1.165) is 41.9 Å². The van der Waals surface area contributed by atoms with Crippen molar-refractivity contribution in [3.05, 3.63) is 39.4 Å². The van der Waals surface area contributed by atoms with Crippen LogP contribution in [0.15, 0.2) is 16.9 Å². The van der Waals surface area contributed by atoms with Gasteiger partial charge in [0.1, 0.15) is 5.82 Å². The summed E-state index contributed by atoms with van der Waals surface area (Å²) in [5.41, 5.74) is 8.91. The monoisotopic (exact) mass is 285 g/mol. The summed E-state index contributed by atoms with van der Waals surface area (Å²) in [6.45, 7) is 9.03. The fraction of sp³-hybridized carbons (Fsp3) is 0.529. The minimum absolute atomic E-state index is 0.0639. The number of nitrogens with zero attached hydrogens (tertiary/aromatic N) is 2. The van der Waals surface area contributed by atoms with Crippen LogP contribution in [0, 0.1) is 6.92 Å². The van der Waals surface area contributed by atoms with Gasteiger partial charge >= 0.3 is 0 Å². The Kier molecular flexibility index (Phi) is 3.17. The number of aryl methyl sites for hydroxylation is 1. The molecule has 0 saturated heterocycles. The molecule has 0 radical (unpaired) electrons. The van der Waals surface area contributed by atoms with Gasteiger partial charge in [0.25, 0.3) is 5.56 Å².